The Bertz CT molecular complexity index is 415. The zero-order valence-electron chi connectivity index (χ0n) is 8.25. The van der Waals surface area contributed by atoms with E-state index in [0.717, 1.165) is 6.42 Å². The molecule has 0 radical (unpaired) electrons. The molecule has 0 unspecified atom stereocenters. The zero-order valence-corrected chi connectivity index (χ0v) is 8.25. The summed E-state index contributed by atoms with van der Waals surface area (Å²) >= 11 is 0. The molecule has 1 heterocycles. The van der Waals surface area contributed by atoms with Crippen LogP contribution < -0.4 is 10.6 Å². The van der Waals surface area contributed by atoms with Gasteiger partial charge in [-0.2, -0.15) is 0 Å². The van der Waals surface area contributed by atoms with Gasteiger partial charge in [-0.3, -0.25) is 4.98 Å². The number of rotatable bonds is 1. The van der Waals surface area contributed by atoms with Gasteiger partial charge in [-0.25, -0.2) is 0 Å². The van der Waals surface area contributed by atoms with E-state index >= 15 is 0 Å². The predicted molar refractivity (Wildman–Crippen MR) is 55.7 cm³/mol. The molecule has 1 aliphatic carbocycles. The molecule has 0 fully saturated rings. The third-order valence-corrected chi connectivity index (χ3v) is 2.53. The molecule has 2 rings (SSSR count). The van der Waals surface area contributed by atoms with Crippen LogP contribution >= 0.6 is 0 Å². The van der Waals surface area contributed by atoms with Crippen LogP contribution in [0.2, 0.25) is 0 Å². The smallest absolute Gasteiger partial charge is 0.0661 e. The summed E-state index contributed by atoms with van der Waals surface area (Å²) in [5, 5.41) is 2.54. The minimum atomic E-state index is 0.597. The van der Waals surface area contributed by atoms with E-state index in [2.05, 4.69) is 37.0 Å². The summed E-state index contributed by atoms with van der Waals surface area (Å²) < 4.78 is 0. The Kier molecular flexibility index (Phi) is 2.17. The Morgan fingerprint density at radius 1 is 1.23 bits per heavy atom. The first-order valence-corrected chi connectivity index (χ1v) is 4.94. The molecule has 13 heavy (non-hydrogen) atoms. The van der Waals surface area contributed by atoms with Crippen LogP contribution in [0.4, 0.5) is 0 Å². The van der Waals surface area contributed by atoms with Crippen molar-refractivity contribution in [2.24, 2.45) is 0 Å². The van der Waals surface area contributed by atoms with E-state index in [0.29, 0.717) is 5.92 Å². The van der Waals surface area contributed by atoms with Crippen molar-refractivity contribution in [3.63, 3.8) is 0 Å². The molecule has 0 saturated heterocycles. The SMILES string of the molecule is CC(C)c1ccnc2c1=CCCC=2. The van der Waals surface area contributed by atoms with Gasteiger partial charge < -0.3 is 0 Å². The number of aromatic nitrogens is 1. The highest BCUT2D eigenvalue weighted by atomic mass is 14.6. The van der Waals surface area contributed by atoms with Gasteiger partial charge in [0.15, 0.2) is 0 Å². The van der Waals surface area contributed by atoms with E-state index in [9.17, 15) is 0 Å². The minimum absolute atomic E-state index is 0.597. The molecule has 0 spiro atoms. The van der Waals surface area contributed by atoms with Crippen molar-refractivity contribution in [2.45, 2.75) is 32.6 Å². The fourth-order valence-electron chi connectivity index (χ4n) is 1.84. The van der Waals surface area contributed by atoms with Crippen molar-refractivity contribution >= 4 is 12.2 Å². The maximum Gasteiger partial charge on any atom is 0.0661 e. The fourth-order valence-corrected chi connectivity index (χ4v) is 1.84. The number of hydrogen-bond acceptors (Lipinski definition) is 1. The predicted octanol–water partition coefficient (Wildman–Crippen LogP) is 1.56. The normalized spacial score (nSPS) is 14.7. The average molecular weight is 173 g/mol. The van der Waals surface area contributed by atoms with Gasteiger partial charge in [0.2, 0.25) is 0 Å². The largest absolute Gasteiger partial charge is 0.257 e. The molecule has 68 valence electrons. The van der Waals surface area contributed by atoms with Crippen LogP contribution in [0.15, 0.2) is 12.3 Å². The highest BCUT2D eigenvalue weighted by molar-refractivity contribution is 5.39. The quantitative estimate of drug-likeness (QED) is 0.628. The summed E-state index contributed by atoms with van der Waals surface area (Å²) in [5.74, 6) is 0.597. The topological polar surface area (TPSA) is 12.9 Å². The fraction of sp³-hybridized carbons (Fsp3) is 0.417. The summed E-state index contributed by atoms with van der Waals surface area (Å²) in [6, 6.07) is 2.14. The van der Waals surface area contributed by atoms with Crippen LogP contribution in [0.3, 0.4) is 0 Å². The van der Waals surface area contributed by atoms with Crippen LogP contribution in [-0.4, -0.2) is 4.98 Å². The van der Waals surface area contributed by atoms with Crippen molar-refractivity contribution < 1.29 is 0 Å². The van der Waals surface area contributed by atoms with Gasteiger partial charge >= 0.3 is 0 Å². The number of hydrogen-bond donors (Lipinski definition) is 0. The van der Waals surface area contributed by atoms with Gasteiger partial charge in [0, 0.05) is 6.20 Å². The second-order valence-electron chi connectivity index (χ2n) is 3.84. The maximum absolute atomic E-state index is 4.38. The lowest BCUT2D eigenvalue weighted by Crippen LogP contribution is -2.33. The molecule has 1 nitrogen and oxygen atoms in total. The summed E-state index contributed by atoms with van der Waals surface area (Å²) in [5.41, 5.74) is 1.43. The molecular weight excluding hydrogens is 158 g/mol. The lowest BCUT2D eigenvalue weighted by Gasteiger charge is -2.08. The molecule has 1 aliphatic rings. The molecule has 1 aromatic rings. The highest BCUT2D eigenvalue weighted by Gasteiger charge is 2.03. The monoisotopic (exact) mass is 173 g/mol. The molecule has 0 aliphatic heterocycles. The molecule has 0 saturated carbocycles. The lowest BCUT2D eigenvalue weighted by atomic mass is 9.99. The van der Waals surface area contributed by atoms with Crippen molar-refractivity contribution in [3.05, 3.63) is 28.4 Å². The molecule has 0 aromatic carbocycles. The van der Waals surface area contributed by atoms with E-state index in [1.165, 1.54) is 22.6 Å². The van der Waals surface area contributed by atoms with Gasteiger partial charge in [0.1, 0.15) is 0 Å². The standard InChI is InChI=1S/C12H15N/c1-9(2)10-7-8-13-12-6-4-3-5-11(10)12/h5-9H,3-4H2,1-2H3. The number of pyridine rings is 1. The van der Waals surface area contributed by atoms with Crippen molar-refractivity contribution in [1.29, 1.82) is 0 Å². The van der Waals surface area contributed by atoms with Gasteiger partial charge in [0.25, 0.3) is 0 Å². The van der Waals surface area contributed by atoms with E-state index in [1.807, 2.05) is 6.20 Å². The van der Waals surface area contributed by atoms with E-state index in [1.54, 1.807) is 0 Å². The second kappa shape index (κ2) is 3.33. The highest BCUT2D eigenvalue weighted by Crippen LogP contribution is 2.08. The molecule has 0 atom stereocenters. The summed E-state index contributed by atoms with van der Waals surface area (Å²) in [4.78, 5) is 4.38. The van der Waals surface area contributed by atoms with Gasteiger partial charge in [-0.15, -0.1) is 0 Å². The summed E-state index contributed by atoms with van der Waals surface area (Å²) in [6.45, 7) is 4.47. The second-order valence-corrected chi connectivity index (χ2v) is 3.84. The molecule has 0 amide bonds. The average Bonchev–Trinajstić information content (AvgIpc) is 2.17. The van der Waals surface area contributed by atoms with Gasteiger partial charge in [-0.05, 0) is 35.6 Å². The van der Waals surface area contributed by atoms with Crippen LogP contribution in [0.25, 0.3) is 12.2 Å². The molecular formula is C12H15N. The summed E-state index contributed by atoms with van der Waals surface area (Å²) in [7, 11) is 0. The van der Waals surface area contributed by atoms with Crippen molar-refractivity contribution in [1.82, 2.24) is 4.98 Å². The third kappa shape index (κ3) is 1.51. The van der Waals surface area contributed by atoms with Crippen molar-refractivity contribution in [2.75, 3.05) is 0 Å². The molecule has 1 aromatic heterocycles. The summed E-state index contributed by atoms with van der Waals surface area (Å²) in [6.07, 6.45) is 8.78. The Hall–Kier alpha value is -1.11. The Labute approximate surface area is 78.8 Å². The Morgan fingerprint density at radius 2 is 2.00 bits per heavy atom. The first kappa shape index (κ1) is 8.49. The van der Waals surface area contributed by atoms with E-state index in [4.69, 9.17) is 0 Å². The van der Waals surface area contributed by atoms with Crippen LogP contribution in [-0.2, 0) is 0 Å². The Balaban J connectivity index is 2.74. The van der Waals surface area contributed by atoms with Gasteiger partial charge in [0.05, 0.1) is 5.35 Å². The number of nitrogens with zero attached hydrogens (tertiary/aromatic N) is 1. The minimum Gasteiger partial charge on any atom is -0.257 e. The molecule has 0 N–H and O–H groups in total. The molecule has 1 heteroatoms. The zero-order chi connectivity index (χ0) is 9.26. The Morgan fingerprint density at radius 3 is 2.77 bits per heavy atom. The third-order valence-electron chi connectivity index (χ3n) is 2.53. The lowest BCUT2D eigenvalue weighted by molar-refractivity contribution is 0.845. The number of fused-ring (bicyclic) bond motifs is 1. The maximum atomic E-state index is 4.38. The first-order valence-electron chi connectivity index (χ1n) is 4.94. The van der Waals surface area contributed by atoms with Crippen LogP contribution in [0.1, 0.15) is 38.2 Å². The van der Waals surface area contributed by atoms with Crippen molar-refractivity contribution in [3.8, 4) is 0 Å². The first-order chi connectivity index (χ1) is 6.29. The van der Waals surface area contributed by atoms with Gasteiger partial charge in [-0.1, -0.05) is 26.0 Å². The van der Waals surface area contributed by atoms with Crippen LogP contribution in [0, 0.1) is 0 Å². The molecule has 0 bridgehead atoms. The van der Waals surface area contributed by atoms with Crippen LogP contribution in [0.5, 0.6) is 0 Å². The van der Waals surface area contributed by atoms with E-state index < -0.39 is 0 Å². The van der Waals surface area contributed by atoms with E-state index in [-0.39, 0.29) is 0 Å².